The van der Waals surface area contributed by atoms with Crippen molar-refractivity contribution in [3.8, 4) is 39.6 Å². The first-order chi connectivity index (χ1) is 16.8. The maximum Gasteiger partial charge on any atom is 0.264 e. The Labute approximate surface area is 205 Å². The molecule has 0 N–H and O–H groups in total. The number of aryl methyl sites for hydroxylation is 1. The number of ether oxygens (including phenoxy) is 3. The summed E-state index contributed by atoms with van der Waals surface area (Å²) in [6.45, 7) is 0.671. The third-order valence-electron chi connectivity index (χ3n) is 5.84. The first kappa shape index (κ1) is 24.6. The third kappa shape index (κ3) is 5.44. The van der Waals surface area contributed by atoms with Crippen LogP contribution in [0.3, 0.4) is 0 Å². The topological polar surface area (TPSA) is 76.0 Å². The van der Waals surface area contributed by atoms with E-state index in [1.807, 2.05) is 66.7 Å². The minimum Gasteiger partial charge on any atom is -0.497 e. The van der Waals surface area contributed by atoms with Gasteiger partial charge in [0.25, 0.3) is 10.1 Å². The molecule has 7 nitrogen and oxygen atoms in total. The normalized spacial score (nSPS) is 11.5. The zero-order chi connectivity index (χ0) is 25.0. The van der Waals surface area contributed by atoms with Gasteiger partial charge in [-0.05, 0) is 72.1 Å². The molecule has 35 heavy (non-hydrogen) atoms. The average Bonchev–Trinajstić information content (AvgIpc) is 3.19. The van der Waals surface area contributed by atoms with E-state index in [2.05, 4.69) is 4.57 Å². The number of hydrogen-bond acceptors (Lipinski definition) is 6. The zero-order valence-corrected chi connectivity index (χ0v) is 21.1. The van der Waals surface area contributed by atoms with Crippen LogP contribution in [0.4, 0.5) is 0 Å². The zero-order valence-electron chi connectivity index (χ0n) is 20.3. The molecule has 0 unspecified atom stereocenters. The van der Waals surface area contributed by atoms with E-state index in [1.165, 1.54) is 0 Å². The Morgan fingerprint density at radius 1 is 0.743 bits per heavy atom. The molecule has 1 heterocycles. The van der Waals surface area contributed by atoms with Gasteiger partial charge < -0.3 is 18.8 Å². The summed E-state index contributed by atoms with van der Waals surface area (Å²) in [4.78, 5) is 0. The monoisotopic (exact) mass is 495 g/mol. The van der Waals surface area contributed by atoms with E-state index in [9.17, 15) is 8.42 Å². The van der Waals surface area contributed by atoms with Crippen molar-refractivity contribution in [2.75, 3.05) is 34.2 Å². The number of hydrogen-bond donors (Lipinski definition) is 0. The van der Waals surface area contributed by atoms with E-state index in [0.717, 1.165) is 56.8 Å². The summed E-state index contributed by atoms with van der Waals surface area (Å²) in [5.74, 6) is 2.30. The van der Waals surface area contributed by atoms with Gasteiger partial charge in [0, 0.05) is 23.0 Å². The Bertz CT molecular complexity index is 1410. The van der Waals surface area contributed by atoms with Crippen LogP contribution in [0.5, 0.6) is 17.2 Å². The van der Waals surface area contributed by atoms with Gasteiger partial charge in [0.05, 0.1) is 39.9 Å². The second-order valence-corrected chi connectivity index (χ2v) is 9.74. The fourth-order valence-electron chi connectivity index (χ4n) is 4.22. The van der Waals surface area contributed by atoms with E-state index in [1.54, 1.807) is 21.3 Å². The van der Waals surface area contributed by atoms with Crippen LogP contribution in [0.15, 0.2) is 66.7 Å². The molecule has 0 aliphatic rings. The largest absolute Gasteiger partial charge is 0.497 e. The van der Waals surface area contributed by atoms with Gasteiger partial charge in [-0.3, -0.25) is 4.18 Å². The maximum absolute atomic E-state index is 11.5. The van der Waals surface area contributed by atoms with Gasteiger partial charge in [-0.25, -0.2) is 0 Å². The van der Waals surface area contributed by atoms with Crippen LogP contribution in [-0.4, -0.2) is 47.2 Å². The predicted octanol–water partition coefficient (Wildman–Crippen LogP) is 5.37. The van der Waals surface area contributed by atoms with E-state index in [4.69, 9.17) is 18.4 Å². The second-order valence-electron chi connectivity index (χ2n) is 8.09. The molecule has 0 amide bonds. The van der Waals surface area contributed by atoms with Crippen molar-refractivity contribution in [3.63, 3.8) is 0 Å². The number of nitrogens with zero attached hydrogens (tertiary/aromatic N) is 1. The van der Waals surface area contributed by atoms with Crippen molar-refractivity contribution in [2.45, 2.75) is 13.0 Å². The first-order valence-corrected chi connectivity index (χ1v) is 13.0. The lowest BCUT2D eigenvalue weighted by atomic mass is 9.98. The molecule has 4 aromatic rings. The second kappa shape index (κ2) is 10.4. The third-order valence-corrected chi connectivity index (χ3v) is 6.43. The van der Waals surface area contributed by atoms with Crippen LogP contribution in [-0.2, 0) is 20.8 Å². The van der Waals surface area contributed by atoms with Crippen molar-refractivity contribution >= 4 is 21.0 Å². The van der Waals surface area contributed by atoms with Gasteiger partial charge in [0.15, 0.2) is 0 Å². The average molecular weight is 496 g/mol. The minimum atomic E-state index is -3.50. The van der Waals surface area contributed by atoms with Gasteiger partial charge in [-0.1, -0.05) is 12.1 Å². The summed E-state index contributed by atoms with van der Waals surface area (Å²) in [5, 5.41) is 1.03. The number of methoxy groups -OCH3 is 3. The highest BCUT2D eigenvalue weighted by atomic mass is 32.2. The molecule has 0 atom stereocenters. The highest BCUT2D eigenvalue weighted by Gasteiger charge is 2.21. The Kier molecular flexibility index (Phi) is 7.33. The highest BCUT2D eigenvalue weighted by molar-refractivity contribution is 7.85. The van der Waals surface area contributed by atoms with E-state index >= 15 is 0 Å². The van der Waals surface area contributed by atoms with Crippen molar-refractivity contribution < 1.29 is 26.8 Å². The number of rotatable bonds is 10. The van der Waals surface area contributed by atoms with E-state index in [-0.39, 0.29) is 6.61 Å². The minimum absolute atomic E-state index is 0.106. The van der Waals surface area contributed by atoms with E-state index in [0.29, 0.717) is 13.0 Å². The Balaban J connectivity index is 1.93. The molecule has 4 rings (SSSR count). The first-order valence-electron chi connectivity index (χ1n) is 11.2. The summed E-state index contributed by atoms with van der Waals surface area (Å²) in [6.07, 6.45) is 1.59. The molecule has 184 valence electrons. The van der Waals surface area contributed by atoms with Gasteiger partial charge in [-0.15, -0.1) is 0 Å². The number of fused-ring (bicyclic) bond motifs is 1. The quantitative estimate of drug-likeness (QED) is 0.218. The fourth-order valence-corrected chi connectivity index (χ4v) is 4.65. The molecule has 1 aromatic heterocycles. The number of benzene rings is 3. The van der Waals surface area contributed by atoms with Crippen molar-refractivity contribution in [1.29, 1.82) is 0 Å². The Morgan fingerprint density at radius 3 is 1.83 bits per heavy atom. The van der Waals surface area contributed by atoms with Gasteiger partial charge in [-0.2, -0.15) is 8.42 Å². The van der Waals surface area contributed by atoms with Gasteiger partial charge >= 0.3 is 0 Å². The van der Waals surface area contributed by atoms with Gasteiger partial charge in [0.2, 0.25) is 0 Å². The van der Waals surface area contributed by atoms with Crippen LogP contribution in [0, 0.1) is 0 Å². The summed E-state index contributed by atoms with van der Waals surface area (Å²) in [5.41, 5.74) is 5.12. The summed E-state index contributed by atoms with van der Waals surface area (Å²) < 4.78 is 46.4. The molecule has 0 saturated carbocycles. The molecule has 0 bridgehead atoms. The van der Waals surface area contributed by atoms with Crippen LogP contribution in [0.2, 0.25) is 0 Å². The van der Waals surface area contributed by atoms with Crippen molar-refractivity contribution in [2.24, 2.45) is 0 Å². The standard InChI is InChI=1S/C27H29NO6S/c1-31-21-10-6-19(7-11-21)26-24-18-23(33-3)14-15-25(24)28(16-5-17-34-35(4,29)30)27(26)20-8-12-22(32-2)13-9-20/h6-15,18H,5,16-17H2,1-4H3. The molecule has 3 aromatic carbocycles. The molecule has 0 radical (unpaired) electrons. The summed E-state index contributed by atoms with van der Waals surface area (Å²) in [6, 6.07) is 21.9. The Morgan fingerprint density at radius 2 is 1.29 bits per heavy atom. The van der Waals surface area contributed by atoms with E-state index < -0.39 is 10.1 Å². The van der Waals surface area contributed by atoms with Crippen molar-refractivity contribution in [1.82, 2.24) is 4.57 Å². The van der Waals surface area contributed by atoms with Crippen LogP contribution in [0.1, 0.15) is 6.42 Å². The summed E-state index contributed by atoms with van der Waals surface area (Å²) in [7, 11) is 1.44. The van der Waals surface area contributed by atoms with Crippen LogP contribution >= 0.6 is 0 Å². The predicted molar refractivity (Wildman–Crippen MR) is 138 cm³/mol. The molecule has 0 fully saturated rings. The molecule has 0 aliphatic carbocycles. The molecule has 0 aliphatic heterocycles. The molecular weight excluding hydrogens is 466 g/mol. The van der Waals surface area contributed by atoms with Gasteiger partial charge in [0.1, 0.15) is 17.2 Å². The molecule has 0 saturated heterocycles. The fraction of sp³-hybridized carbons (Fsp3) is 0.259. The van der Waals surface area contributed by atoms with Crippen LogP contribution < -0.4 is 14.2 Å². The molecular formula is C27H29NO6S. The molecule has 0 spiro atoms. The SMILES string of the molecule is COc1ccc(-c2c(-c3ccc(OC)cc3)n(CCCOS(C)(=O)=O)c3ccc(OC)cc23)cc1. The summed E-state index contributed by atoms with van der Waals surface area (Å²) >= 11 is 0. The highest BCUT2D eigenvalue weighted by Crippen LogP contribution is 2.43. The maximum atomic E-state index is 11.5. The number of aromatic nitrogens is 1. The smallest absolute Gasteiger partial charge is 0.264 e. The lowest BCUT2D eigenvalue weighted by Crippen LogP contribution is -2.08. The van der Waals surface area contributed by atoms with Crippen LogP contribution in [0.25, 0.3) is 33.3 Å². The lowest BCUT2D eigenvalue weighted by molar-refractivity contribution is 0.308. The lowest BCUT2D eigenvalue weighted by Gasteiger charge is -2.14. The van der Waals surface area contributed by atoms with Crippen molar-refractivity contribution in [3.05, 3.63) is 66.7 Å². The molecule has 8 heteroatoms. The Hall–Kier alpha value is -3.49.